The van der Waals surface area contributed by atoms with Crippen molar-refractivity contribution in [2.45, 2.75) is 11.3 Å². The molecule has 36 heavy (non-hydrogen) atoms. The summed E-state index contributed by atoms with van der Waals surface area (Å²) in [5.74, 6) is 0.0841. The van der Waals surface area contributed by atoms with Crippen molar-refractivity contribution >= 4 is 27.6 Å². The van der Waals surface area contributed by atoms with E-state index >= 15 is 0 Å². The number of hydrogen-bond acceptors (Lipinski definition) is 6. The molecule has 0 aliphatic carbocycles. The molecule has 1 saturated heterocycles. The maximum Gasteiger partial charge on any atom is 0.335 e. The summed E-state index contributed by atoms with van der Waals surface area (Å²) in [4.78, 5) is 25.6. The maximum atomic E-state index is 13.0. The molecule has 10 heteroatoms. The smallest absolute Gasteiger partial charge is 0.335 e. The second-order valence-corrected chi connectivity index (χ2v) is 10.3. The third-order valence-corrected chi connectivity index (χ3v) is 7.68. The summed E-state index contributed by atoms with van der Waals surface area (Å²) in [5.41, 5.74) is 0.671. The lowest BCUT2D eigenvalue weighted by Gasteiger charge is -2.21. The van der Waals surface area contributed by atoms with Gasteiger partial charge in [-0.05, 0) is 73.6 Å². The van der Waals surface area contributed by atoms with Crippen LogP contribution < -0.4 is 10.1 Å². The Morgan fingerprint density at radius 1 is 0.833 bits per heavy atom. The van der Waals surface area contributed by atoms with Gasteiger partial charge in [-0.25, -0.2) is 13.2 Å². The van der Waals surface area contributed by atoms with Crippen LogP contribution in [0.25, 0.3) is 0 Å². The van der Waals surface area contributed by atoms with E-state index in [1.807, 2.05) is 35.2 Å². The number of rotatable bonds is 8. The Hall–Kier alpha value is -3.73. The molecule has 1 amide bonds. The van der Waals surface area contributed by atoms with E-state index in [1.165, 1.54) is 28.6 Å². The van der Waals surface area contributed by atoms with Gasteiger partial charge in [0.1, 0.15) is 11.5 Å². The van der Waals surface area contributed by atoms with Gasteiger partial charge in [-0.15, -0.1) is 0 Å². The van der Waals surface area contributed by atoms with E-state index in [1.54, 1.807) is 24.3 Å². The first-order valence-corrected chi connectivity index (χ1v) is 12.9. The highest BCUT2D eigenvalue weighted by atomic mass is 32.2. The second-order valence-electron chi connectivity index (χ2n) is 8.35. The van der Waals surface area contributed by atoms with E-state index < -0.39 is 16.0 Å². The molecule has 3 aromatic rings. The summed E-state index contributed by atoms with van der Waals surface area (Å²) < 4.78 is 33.1. The molecule has 3 aromatic carbocycles. The van der Waals surface area contributed by atoms with Gasteiger partial charge in [0.15, 0.2) is 0 Å². The van der Waals surface area contributed by atoms with Crippen molar-refractivity contribution in [1.82, 2.24) is 9.21 Å². The highest BCUT2D eigenvalue weighted by molar-refractivity contribution is 7.89. The van der Waals surface area contributed by atoms with Crippen LogP contribution >= 0.6 is 0 Å². The molecule has 9 nitrogen and oxygen atoms in total. The minimum absolute atomic E-state index is 0.0281. The molecule has 0 saturated carbocycles. The van der Waals surface area contributed by atoms with Crippen molar-refractivity contribution in [3.8, 4) is 11.5 Å². The predicted octanol–water partition coefficient (Wildman–Crippen LogP) is 3.51. The number of carbonyl (C=O) groups is 2. The van der Waals surface area contributed by atoms with Gasteiger partial charge in [0.25, 0.3) is 0 Å². The predicted molar refractivity (Wildman–Crippen MR) is 135 cm³/mol. The number of carboxylic acid groups (broad SMARTS) is 1. The number of sulfonamides is 1. The second kappa shape index (κ2) is 11.3. The summed E-state index contributed by atoms with van der Waals surface area (Å²) >= 11 is 0. The molecule has 1 aliphatic rings. The molecular formula is C26H27N3O6S. The Morgan fingerprint density at radius 3 is 2.17 bits per heavy atom. The van der Waals surface area contributed by atoms with Crippen LogP contribution in [-0.4, -0.2) is 67.3 Å². The topological polar surface area (TPSA) is 116 Å². The van der Waals surface area contributed by atoms with E-state index in [0.29, 0.717) is 37.5 Å². The number of nitrogens with one attached hydrogen (secondary N) is 1. The van der Waals surface area contributed by atoms with Crippen LogP contribution in [0.1, 0.15) is 16.8 Å². The quantitative estimate of drug-likeness (QED) is 0.477. The lowest BCUT2D eigenvalue weighted by atomic mass is 10.2. The summed E-state index contributed by atoms with van der Waals surface area (Å²) in [5, 5.41) is 11.9. The van der Waals surface area contributed by atoms with Crippen LogP contribution in [-0.2, 0) is 14.8 Å². The summed E-state index contributed by atoms with van der Waals surface area (Å²) in [7, 11) is -3.75. The van der Waals surface area contributed by atoms with E-state index in [0.717, 1.165) is 5.75 Å². The summed E-state index contributed by atoms with van der Waals surface area (Å²) in [6, 6.07) is 21.7. The number of amides is 1. The van der Waals surface area contributed by atoms with E-state index in [-0.39, 0.29) is 29.5 Å². The van der Waals surface area contributed by atoms with Crippen molar-refractivity contribution in [2.24, 2.45) is 0 Å². The molecule has 0 spiro atoms. The SMILES string of the molecule is O=C(CN1CCCN(S(=O)(=O)c2ccc(C(=O)O)cc2)CC1)Nc1ccc(Oc2ccccc2)cc1. The summed E-state index contributed by atoms with van der Waals surface area (Å²) in [6.45, 7) is 1.69. The van der Waals surface area contributed by atoms with Crippen LogP contribution in [0.2, 0.25) is 0 Å². The molecule has 4 rings (SSSR count). The van der Waals surface area contributed by atoms with Crippen LogP contribution in [0, 0.1) is 0 Å². The van der Waals surface area contributed by atoms with Gasteiger partial charge >= 0.3 is 5.97 Å². The van der Waals surface area contributed by atoms with Crippen molar-refractivity contribution in [3.63, 3.8) is 0 Å². The fourth-order valence-corrected chi connectivity index (χ4v) is 5.37. The first kappa shape index (κ1) is 25.4. The lowest BCUT2D eigenvalue weighted by molar-refractivity contribution is -0.117. The highest BCUT2D eigenvalue weighted by Crippen LogP contribution is 2.23. The third kappa shape index (κ3) is 6.48. The number of nitrogens with zero attached hydrogens (tertiary/aromatic N) is 2. The van der Waals surface area contributed by atoms with Crippen LogP contribution in [0.3, 0.4) is 0 Å². The van der Waals surface area contributed by atoms with Gasteiger partial charge in [0, 0.05) is 25.3 Å². The first-order valence-electron chi connectivity index (χ1n) is 11.5. The highest BCUT2D eigenvalue weighted by Gasteiger charge is 2.27. The molecule has 2 N–H and O–H groups in total. The van der Waals surface area contributed by atoms with Gasteiger partial charge in [0.2, 0.25) is 15.9 Å². The Bertz CT molecular complexity index is 1300. The van der Waals surface area contributed by atoms with E-state index in [9.17, 15) is 18.0 Å². The minimum atomic E-state index is -3.75. The molecule has 0 bridgehead atoms. The number of para-hydroxylation sites is 1. The number of carbonyl (C=O) groups excluding carboxylic acids is 1. The summed E-state index contributed by atoms with van der Waals surface area (Å²) in [6.07, 6.45) is 0.575. The normalized spacial score (nSPS) is 15.1. The Labute approximate surface area is 210 Å². The number of aromatic carboxylic acids is 1. The van der Waals surface area contributed by atoms with E-state index in [2.05, 4.69) is 5.32 Å². The number of carboxylic acids is 1. The largest absolute Gasteiger partial charge is 0.478 e. The average Bonchev–Trinajstić information content (AvgIpc) is 3.12. The van der Waals surface area contributed by atoms with Crippen LogP contribution in [0.5, 0.6) is 11.5 Å². The molecule has 0 aromatic heterocycles. The zero-order valence-corrected chi connectivity index (χ0v) is 20.4. The Kier molecular flexibility index (Phi) is 7.99. The van der Waals surface area contributed by atoms with Gasteiger partial charge in [-0.3, -0.25) is 9.69 Å². The average molecular weight is 510 g/mol. The van der Waals surface area contributed by atoms with Crippen molar-refractivity contribution < 1.29 is 27.9 Å². The Morgan fingerprint density at radius 2 is 1.50 bits per heavy atom. The fourth-order valence-electron chi connectivity index (χ4n) is 3.90. The molecule has 0 unspecified atom stereocenters. The molecule has 1 heterocycles. The zero-order chi connectivity index (χ0) is 25.5. The number of benzene rings is 3. The number of anilines is 1. The Balaban J connectivity index is 1.29. The number of hydrogen-bond donors (Lipinski definition) is 2. The molecular weight excluding hydrogens is 482 g/mol. The minimum Gasteiger partial charge on any atom is -0.478 e. The molecule has 1 aliphatic heterocycles. The molecule has 188 valence electrons. The van der Waals surface area contributed by atoms with Crippen LogP contribution in [0.15, 0.2) is 83.8 Å². The standard InChI is InChI=1S/C26H27N3O6S/c30-25(27-21-9-11-23(12-10-21)35-22-5-2-1-3-6-22)19-28-15-4-16-29(18-17-28)36(33,34)24-13-7-20(8-14-24)26(31)32/h1-3,5-14H,4,15-19H2,(H,27,30)(H,31,32). The van der Waals surface area contributed by atoms with Gasteiger partial charge < -0.3 is 15.2 Å². The zero-order valence-electron chi connectivity index (χ0n) is 19.5. The lowest BCUT2D eigenvalue weighted by Crippen LogP contribution is -2.38. The van der Waals surface area contributed by atoms with Crippen molar-refractivity contribution in [1.29, 1.82) is 0 Å². The molecule has 0 radical (unpaired) electrons. The molecule has 1 fully saturated rings. The van der Waals surface area contributed by atoms with Gasteiger partial charge in [-0.1, -0.05) is 18.2 Å². The van der Waals surface area contributed by atoms with Gasteiger partial charge in [0.05, 0.1) is 17.0 Å². The van der Waals surface area contributed by atoms with Crippen molar-refractivity contribution in [2.75, 3.05) is 38.0 Å². The first-order chi connectivity index (χ1) is 17.3. The third-order valence-electron chi connectivity index (χ3n) is 5.77. The van der Waals surface area contributed by atoms with Gasteiger partial charge in [-0.2, -0.15) is 4.31 Å². The van der Waals surface area contributed by atoms with Crippen molar-refractivity contribution in [3.05, 3.63) is 84.4 Å². The fraction of sp³-hybridized carbons (Fsp3) is 0.231. The number of ether oxygens (including phenoxy) is 1. The van der Waals surface area contributed by atoms with Crippen LogP contribution in [0.4, 0.5) is 5.69 Å². The van der Waals surface area contributed by atoms with E-state index in [4.69, 9.17) is 9.84 Å². The monoisotopic (exact) mass is 509 g/mol. The maximum absolute atomic E-state index is 13.0. The molecule has 0 atom stereocenters.